The minimum absolute atomic E-state index is 0.0920. The van der Waals surface area contributed by atoms with E-state index >= 15 is 0 Å². The Bertz CT molecular complexity index is 465. The molecule has 0 aliphatic heterocycles. The fraction of sp³-hybridized carbons (Fsp3) is 0.529. The van der Waals surface area contributed by atoms with Gasteiger partial charge in [0.05, 0.1) is 0 Å². The topological polar surface area (TPSA) is 57.6 Å². The molecule has 116 valence electrons. The predicted molar refractivity (Wildman–Crippen MR) is 83.2 cm³/mol. The van der Waals surface area contributed by atoms with Crippen molar-refractivity contribution in [2.45, 2.75) is 40.0 Å². The number of hydrogen-bond donors (Lipinski definition) is 1. The van der Waals surface area contributed by atoms with Gasteiger partial charge in [-0.25, -0.2) is 0 Å². The fourth-order valence-corrected chi connectivity index (χ4v) is 2.21. The second-order valence-electron chi connectivity index (χ2n) is 5.73. The van der Waals surface area contributed by atoms with E-state index in [4.69, 9.17) is 5.11 Å². The Morgan fingerprint density at radius 3 is 2.19 bits per heavy atom. The van der Waals surface area contributed by atoms with Gasteiger partial charge in [0.15, 0.2) is 0 Å². The van der Waals surface area contributed by atoms with Gasteiger partial charge in [0.2, 0.25) is 5.91 Å². The van der Waals surface area contributed by atoms with E-state index in [1.165, 1.54) is 10.5 Å². The van der Waals surface area contributed by atoms with Crippen LogP contribution in [-0.2, 0) is 22.4 Å². The van der Waals surface area contributed by atoms with Gasteiger partial charge in [0, 0.05) is 13.0 Å². The summed E-state index contributed by atoms with van der Waals surface area (Å²) < 4.78 is 0. The van der Waals surface area contributed by atoms with Crippen molar-refractivity contribution in [1.29, 1.82) is 0 Å². The van der Waals surface area contributed by atoms with Crippen LogP contribution in [0.25, 0.3) is 0 Å². The van der Waals surface area contributed by atoms with E-state index in [-0.39, 0.29) is 18.4 Å². The number of carbonyl (C=O) groups excluding carboxylic acids is 1. The van der Waals surface area contributed by atoms with E-state index in [1.807, 2.05) is 26.0 Å². The maximum atomic E-state index is 12.2. The molecule has 0 aromatic heterocycles. The van der Waals surface area contributed by atoms with Crippen LogP contribution < -0.4 is 0 Å². The number of hydrogen-bond acceptors (Lipinski definition) is 2. The zero-order chi connectivity index (χ0) is 15.8. The zero-order valence-corrected chi connectivity index (χ0v) is 13.1. The molecule has 0 fully saturated rings. The average Bonchev–Trinajstić information content (AvgIpc) is 2.43. The Hall–Kier alpha value is -1.84. The summed E-state index contributed by atoms with van der Waals surface area (Å²) in [6.45, 7) is 6.33. The van der Waals surface area contributed by atoms with Crippen LogP contribution >= 0.6 is 0 Å². The maximum Gasteiger partial charge on any atom is 0.323 e. The molecule has 0 saturated heterocycles. The van der Waals surface area contributed by atoms with Crippen LogP contribution in [0.2, 0.25) is 0 Å². The number of rotatable bonds is 8. The van der Waals surface area contributed by atoms with Gasteiger partial charge >= 0.3 is 5.97 Å². The van der Waals surface area contributed by atoms with Crippen molar-refractivity contribution in [3.05, 3.63) is 35.4 Å². The second-order valence-corrected chi connectivity index (χ2v) is 5.73. The quantitative estimate of drug-likeness (QED) is 0.801. The summed E-state index contributed by atoms with van der Waals surface area (Å²) in [6, 6.07) is 8.22. The average molecular weight is 291 g/mol. The van der Waals surface area contributed by atoms with Crippen molar-refractivity contribution in [2.75, 3.05) is 13.1 Å². The Kier molecular flexibility index (Phi) is 6.92. The number of carbonyl (C=O) groups is 2. The molecular formula is C17H25NO3. The SMILES string of the molecule is CCc1ccc(CCC(=O)N(CC(=O)O)CC(C)C)cc1. The Morgan fingerprint density at radius 2 is 1.71 bits per heavy atom. The van der Waals surface area contributed by atoms with E-state index in [2.05, 4.69) is 19.1 Å². The third-order valence-corrected chi connectivity index (χ3v) is 3.32. The Balaban J connectivity index is 2.57. The molecule has 0 spiro atoms. The molecule has 0 bridgehead atoms. The van der Waals surface area contributed by atoms with E-state index in [0.29, 0.717) is 19.4 Å². The van der Waals surface area contributed by atoms with E-state index in [0.717, 1.165) is 12.0 Å². The van der Waals surface area contributed by atoms with Gasteiger partial charge in [-0.2, -0.15) is 0 Å². The van der Waals surface area contributed by atoms with Gasteiger partial charge in [-0.1, -0.05) is 45.0 Å². The lowest BCUT2D eigenvalue weighted by atomic mass is 10.1. The molecule has 0 saturated carbocycles. The van der Waals surface area contributed by atoms with Gasteiger partial charge < -0.3 is 10.0 Å². The van der Waals surface area contributed by atoms with Crippen molar-refractivity contribution < 1.29 is 14.7 Å². The molecule has 0 heterocycles. The largest absolute Gasteiger partial charge is 0.480 e. The predicted octanol–water partition coefficient (Wildman–Crippen LogP) is 2.75. The van der Waals surface area contributed by atoms with Crippen molar-refractivity contribution in [1.82, 2.24) is 4.90 Å². The molecule has 1 aromatic rings. The van der Waals surface area contributed by atoms with Gasteiger partial charge in [0.1, 0.15) is 6.54 Å². The summed E-state index contributed by atoms with van der Waals surface area (Å²) in [4.78, 5) is 24.5. The number of amides is 1. The van der Waals surface area contributed by atoms with Crippen molar-refractivity contribution >= 4 is 11.9 Å². The van der Waals surface area contributed by atoms with Crippen LogP contribution in [0.5, 0.6) is 0 Å². The lowest BCUT2D eigenvalue weighted by Crippen LogP contribution is -2.38. The molecule has 0 aliphatic rings. The third-order valence-electron chi connectivity index (χ3n) is 3.32. The standard InChI is InChI=1S/C17H25NO3/c1-4-14-5-7-15(8-6-14)9-10-16(19)18(11-13(2)3)12-17(20)21/h5-8,13H,4,9-12H2,1-3H3,(H,20,21). The van der Waals surface area contributed by atoms with Gasteiger partial charge in [-0.15, -0.1) is 0 Å². The normalized spacial score (nSPS) is 10.7. The van der Waals surface area contributed by atoms with Crippen molar-refractivity contribution in [3.63, 3.8) is 0 Å². The first-order valence-electron chi connectivity index (χ1n) is 7.49. The van der Waals surface area contributed by atoms with Crippen LogP contribution in [0, 0.1) is 5.92 Å². The van der Waals surface area contributed by atoms with E-state index < -0.39 is 5.97 Å². The lowest BCUT2D eigenvalue weighted by molar-refractivity contribution is -0.144. The van der Waals surface area contributed by atoms with Gasteiger partial charge in [-0.05, 0) is 29.9 Å². The first kappa shape index (κ1) is 17.2. The highest BCUT2D eigenvalue weighted by atomic mass is 16.4. The molecule has 0 atom stereocenters. The van der Waals surface area contributed by atoms with Gasteiger partial charge in [-0.3, -0.25) is 9.59 Å². The molecule has 4 heteroatoms. The minimum Gasteiger partial charge on any atom is -0.480 e. The van der Waals surface area contributed by atoms with E-state index in [9.17, 15) is 9.59 Å². The molecular weight excluding hydrogens is 266 g/mol. The van der Waals surface area contributed by atoms with Crippen LogP contribution in [0.4, 0.5) is 0 Å². The molecule has 0 aliphatic carbocycles. The molecule has 1 N–H and O–H groups in total. The molecule has 0 unspecified atom stereocenters. The number of benzene rings is 1. The number of aliphatic carboxylic acids is 1. The molecule has 1 amide bonds. The van der Waals surface area contributed by atoms with Crippen molar-refractivity contribution in [3.8, 4) is 0 Å². The minimum atomic E-state index is -0.962. The zero-order valence-electron chi connectivity index (χ0n) is 13.1. The lowest BCUT2D eigenvalue weighted by Gasteiger charge is -2.22. The number of carboxylic acids is 1. The van der Waals surface area contributed by atoms with Crippen LogP contribution in [0.3, 0.4) is 0 Å². The first-order valence-corrected chi connectivity index (χ1v) is 7.49. The van der Waals surface area contributed by atoms with E-state index in [1.54, 1.807) is 0 Å². The smallest absolute Gasteiger partial charge is 0.323 e. The first-order chi connectivity index (χ1) is 9.92. The number of aryl methyl sites for hydroxylation is 2. The fourth-order valence-electron chi connectivity index (χ4n) is 2.21. The number of nitrogens with zero attached hydrogens (tertiary/aromatic N) is 1. The molecule has 1 aromatic carbocycles. The highest BCUT2D eigenvalue weighted by Crippen LogP contribution is 2.09. The summed E-state index contributed by atoms with van der Waals surface area (Å²) >= 11 is 0. The highest BCUT2D eigenvalue weighted by molar-refractivity contribution is 5.81. The summed E-state index contributed by atoms with van der Waals surface area (Å²) in [7, 11) is 0. The van der Waals surface area contributed by atoms with Crippen LogP contribution in [0.1, 0.15) is 38.3 Å². The summed E-state index contributed by atoms with van der Waals surface area (Å²) in [5, 5.41) is 8.89. The molecule has 4 nitrogen and oxygen atoms in total. The highest BCUT2D eigenvalue weighted by Gasteiger charge is 2.17. The summed E-state index contributed by atoms with van der Waals surface area (Å²) in [6.07, 6.45) is 2.00. The molecule has 0 radical (unpaired) electrons. The Labute approximate surface area is 126 Å². The maximum absolute atomic E-state index is 12.2. The number of carboxylic acid groups (broad SMARTS) is 1. The summed E-state index contributed by atoms with van der Waals surface area (Å²) in [5.41, 5.74) is 2.39. The van der Waals surface area contributed by atoms with Gasteiger partial charge in [0.25, 0.3) is 0 Å². The molecule has 1 rings (SSSR count). The third kappa shape index (κ3) is 6.43. The summed E-state index contributed by atoms with van der Waals surface area (Å²) in [5.74, 6) is -0.792. The van der Waals surface area contributed by atoms with Crippen LogP contribution in [-0.4, -0.2) is 35.0 Å². The van der Waals surface area contributed by atoms with Crippen molar-refractivity contribution in [2.24, 2.45) is 5.92 Å². The Morgan fingerprint density at radius 1 is 1.14 bits per heavy atom. The molecule has 21 heavy (non-hydrogen) atoms. The monoisotopic (exact) mass is 291 g/mol. The van der Waals surface area contributed by atoms with Crippen LogP contribution in [0.15, 0.2) is 24.3 Å². The second kappa shape index (κ2) is 8.45.